The predicted molar refractivity (Wildman–Crippen MR) is 71.9 cm³/mol. The van der Waals surface area contributed by atoms with Gasteiger partial charge in [-0.15, -0.1) is 0 Å². The molecule has 0 saturated heterocycles. The van der Waals surface area contributed by atoms with E-state index in [9.17, 15) is 9.59 Å². The van der Waals surface area contributed by atoms with Crippen LogP contribution in [0.3, 0.4) is 0 Å². The third-order valence-electron chi connectivity index (χ3n) is 2.41. The van der Waals surface area contributed by atoms with Gasteiger partial charge in [-0.1, -0.05) is 6.92 Å². The molecular weight excluding hydrogens is 282 g/mol. The highest BCUT2D eigenvalue weighted by Gasteiger charge is 2.17. The molecule has 1 amide bonds. The van der Waals surface area contributed by atoms with Crippen LogP contribution in [0.4, 0.5) is 5.13 Å². The van der Waals surface area contributed by atoms with E-state index in [1.54, 1.807) is 0 Å². The van der Waals surface area contributed by atoms with Gasteiger partial charge in [-0.2, -0.15) is 4.37 Å². The molecule has 0 bridgehead atoms. The lowest BCUT2D eigenvalue weighted by Gasteiger charge is -1.96. The number of nitrogens with zero attached hydrogens (tertiary/aromatic N) is 2. The molecule has 0 unspecified atom stereocenters. The molecule has 2 aromatic heterocycles. The molecule has 1 N–H and O–H groups in total. The number of methoxy groups -OCH3 is 1. The molecule has 20 heavy (non-hydrogen) atoms. The van der Waals surface area contributed by atoms with Crippen LogP contribution in [0.2, 0.25) is 0 Å². The molecular formula is C12H13N3O4S. The Morgan fingerprint density at radius 1 is 1.50 bits per heavy atom. The highest BCUT2D eigenvalue weighted by molar-refractivity contribution is 7.09. The minimum absolute atomic E-state index is 0.0117. The summed E-state index contributed by atoms with van der Waals surface area (Å²) in [6.07, 6.45) is 2.87. The Morgan fingerprint density at radius 3 is 3.00 bits per heavy atom. The maximum Gasteiger partial charge on any atom is 0.341 e. The molecule has 0 spiro atoms. The van der Waals surface area contributed by atoms with Gasteiger partial charge in [-0.05, 0) is 6.42 Å². The van der Waals surface area contributed by atoms with Crippen molar-refractivity contribution >= 4 is 28.5 Å². The highest BCUT2D eigenvalue weighted by Crippen LogP contribution is 2.15. The van der Waals surface area contributed by atoms with E-state index in [2.05, 4.69) is 19.4 Å². The van der Waals surface area contributed by atoms with Crippen LogP contribution < -0.4 is 5.32 Å². The Labute approximate surface area is 119 Å². The van der Waals surface area contributed by atoms with Gasteiger partial charge in [-0.25, -0.2) is 9.78 Å². The summed E-state index contributed by atoms with van der Waals surface area (Å²) in [5, 5.41) is 2.97. The van der Waals surface area contributed by atoms with E-state index >= 15 is 0 Å². The Kier molecular flexibility index (Phi) is 4.46. The molecule has 8 heteroatoms. The summed E-state index contributed by atoms with van der Waals surface area (Å²) >= 11 is 1.10. The Hall–Kier alpha value is -2.22. The fourth-order valence-corrected chi connectivity index (χ4v) is 2.08. The second kappa shape index (κ2) is 6.29. The summed E-state index contributed by atoms with van der Waals surface area (Å²) in [5.74, 6) is -0.339. The highest BCUT2D eigenvalue weighted by atomic mass is 32.1. The maximum atomic E-state index is 11.9. The molecule has 2 aromatic rings. The molecule has 0 aliphatic carbocycles. The Bertz CT molecular complexity index is 620. The molecule has 0 atom stereocenters. The first kappa shape index (κ1) is 14.2. The average molecular weight is 295 g/mol. The van der Waals surface area contributed by atoms with Gasteiger partial charge in [0.05, 0.1) is 12.7 Å². The van der Waals surface area contributed by atoms with Crippen LogP contribution in [0.15, 0.2) is 16.7 Å². The topological polar surface area (TPSA) is 94.3 Å². The summed E-state index contributed by atoms with van der Waals surface area (Å²) in [4.78, 5) is 27.3. The summed E-state index contributed by atoms with van der Waals surface area (Å²) in [6, 6.07) is 1.31. The first-order valence-electron chi connectivity index (χ1n) is 5.94. The number of rotatable bonds is 5. The second-order valence-corrected chi connectivity index (χ2v) is 4.66. The van der Waals surface area contributed by atoms with Gasteiger partial charge in [0.1, 0.15) is 12.1 Å². The van der Waals surface area contributed by atoms with Crippen molar-refractivity contribution in [3.63, 3.8) is 0 Å². The largest absolute Gasteiger partial charge is 0.465 e. The van der Waals surface area contributed by atoms with Crippen LogP contribution in [0.1, 0.15) is 40.1 Å². The molecule has 7 nitrogen and oxygen atoms in total. The van der Waals surface area contributed by atoms with Crippen LogP contribution in [0, 0.1) is 0 Å². The van der Waals surface area contributed by atoms with E-state index in [0.717, 1.165) is 24.4 Å². The van der Waals surface area contributed by atoms with Crippen LogP contribution >= 0.6 is 11.5 Å². The molecule has 0 saturated carbocycles. The fourth-order valence-electron chi connectivity index (χ4n) is 1.47. The summed E-state index contributed by atoms with van der Waals surface area (Å²) in [5.41, 5.74) is 0.182. The smallest absolute Gasteiger partial charge is 0.341 e. The Balaban J connectivity index is 2.03. The quantitative estimate of drug-likeness (QED) is 0.849. The van der Waals surface area contributed by atoms with Crippen molar-refractivity contribution in [2.45, 2.75) is 19.8 Å². The van der Waals surface area contributed by atoms with E-state index in [-0.39, 0.29) is 11.3 Å². The van der Waals surface area contributed by atoms with Crippen LogP contribution in [0.25, 0.3) is 0 Å². The number of hydrogen-bond acceptors (Lipinski definition) is 7. The minimum Gasteiger partial charge on any atom is -0.465 e. The zero-order valence-electron chi connectivity index (χ0n) is 11.0. The van der Waals surface area contributed by atoms with E-state index in [0.29, 0.717) is 11.0 Å². The van der Waals surface area contributed by atoms with Crippen LogP contribution in [-0.4, -0.2) is 28.3 Å². The third kappa shape index (κ3) is 3.21. The number of anilines is 1. The second-order valence-electron chi connectivity index (χ2n) is 3.91. The van der Waals surface area contributed by atoms with E-state index in [1.807, 2.05) is 6.92 Å². The molecule has 2 rings (SSSR count). The van der Waals surface area contributed by atoms with Crippen molar-refractivity contribution in [1.82, 2.24) is 9.36 Å². The number of carbonyl (C=O) groups excluding carboxylic acids is 2. The summed E-state index contributed by atoms with van der Waals surface area (Å²) < 4.78 is 13.7. The standard InChI is InChI=1S/C12H13N3O4S/c1-3-4-9-13-12(20-15-9)14-10(16)8-5-7(6-19-8)11(17)18-2/h5-6H,3-4H2,1-2H3,(H,13,14,15,16). The summed E-state index contributed by atoms with van der Waals surface area (Å²) in [6.45, 7) is 2.02. The number of esters is 1. The lowest BCUT2D eigenvalue weighted by Crippen LogP contribution is -2.11. The number of nitrogens with one attached hydrogen (secondary N) is 1. The number of carbonyl (C=O) groups is 2. The normalized spacial score (nSPS) is 10.3. The van der Waals surface area contributed by atoms with Gasteiger partial charge in [0.15, 0.2) is 5.76 Å². The Morgan fingerprint density at radius 2 is 2.30 bits per heavy atom. The number of aryl methyl sites for hydroxylation is 1. The first-order valence-corrected chi connectivity index (χ1v) is 6.72. The fraction of sp³-hybridized carbons (Fsp3) is 0.333. The van der Waals surface area contributed by atoms with Gasteiger partial charge in [0.25, 0.3) is 5.91 Å². The molecule has 0 aliphatic heterocycles. The van der Waals surface area contributed by atoms with Crippen molar-refractivity contribution in [1.29, 1.82) is 0 Å². The molecule has 0 fully saturated rings. The van der Waals surface area contributed by atoms with Crippen molar-refractivity contribution in [2.75, 3.05) is 12.4 Å². The van der Waals surface area contributed by atoms with Crippen LogP contribution in [0.5, 0.6) is 0 Å². The van der Waals surface area contributed by atoms with E-state index in [4.69, 9.17) is 4.42 Å². The van der Waals surface area contributed by atoms with Gasteiger partial charge < -0.3 is 9.15 Å². The SMILES string of the molecule is CCCc1nsc(NC(=O)c2cc(C(=O)OC)co2)n1. The lowest BCUT2D eigenvalue weighted by molar-refractivity contribution is 0.0600. The lowest BCUT2D eigenvalue weighted by atomic mass is 10.3. The van der Waals surface area contributed by atoms with Gasteiger partial charge in [0, 0.05) is 24.0 Å². The van der Waals surface area contributed by atoms with Crippen molar-refractivity contribution < 1.29 is 18.7 Å². The molecule has 0 radical (unpaired) electrons. The number of aromatic nitrogens is 2. The number of hydrogen-bond donors (Lipinski definition) is 1. The van der Waals surface area contributed by atoms with Gasteiger partial charge >= 0.3 is 5.97 Å². The van der Waals surface area contributed by atoms with Gasteiger partial charge in [-0.3, -0.25) is 10.1 Å². The zero-order chi connectivity index (χ0) is 14.5. The first-order chi connectivity index (χ1) is 9.63. The molecule has 2 heterocycles. The van der Waals surface area contributed by atoms with Crippen LogP contribution in [-0.2, 0) is 11.2 Å². The zero-order valence-corrected chi connectivity index (χ0v) is 11.8. The van der Waals surface area contributed by atoms with Gasteiger partial charge in [0.2, 0.25) is 5.13 Å². The van der Waals surface area contributed by atoms with Crippen molar-refractivity contribution in [3.05, 3.63) is 29.5 Å². The average Bonchev–Trinajstić information content (AvgIpc) is 3.07. The molecule has 0 aromatic carbocycles. The molecule has 0 aliphatic rings. The number of amides is 1. The third-order valence-corrected chi connectivity index (χ3v) is 3.07. The predicted octanol–water partition coefficient (Wildman–Crippen LogP) is 2.12. The number of furan rings is 1. The maximum absolute atomic E-state index is 11.9. The monoisotopic (exact) mass is 295 g/mol. The van der Waals surface area contributed by atoms with E-state index in [1.165, 1.54) is 19.4 Å². The van der Waals surface area contributed by atoms with Crippen molar-refractivity contribution in [3.8, 4) is 0 Å². The van der Waals surface area contributed by atoms with E-state index < -0.39 is 11.9 Å². The molecule has 106 valence electrons. The number of ether oxygens (including phenoxy) is 1. The van der Waals surface area contributed by atoms with Crippen molar-refractivity contribution in [2.24, 2.45) is 0 Å². The minimum atomic E-state index is -0.561. The summed E-state index contributed by atoms with van der Waals surface area (Å²) in [7, 11) is 1.26.